The van der Waals surface area contributed by atoms with Crippen LogP contribution < -0.4 is 14.4 Å². The third-order valence-electron chi connectivity index (χ3n) is 12.8. The third kappa shape index (κ3) is 8.43. The minimum atomic E-state index is -3.93. The smallest absolute Gasteiger partial charge is 0.264 e. The molecule has 1 saturated carbocycles. The van der Waals surface area contributed by atoms with Crippen molar-refractivity contribution in [3.8, 4) is 5.75 Å². The van der Waals surface area contributed by atoms with Crippen LogP contribution in [0.25, 0.3) is 0 Å². The van der Waals surface area contributed by atoms with Crippen molar-refractivity contribution in [1.82, 2.24) is 14.5 Å². The number of hydrogen-bond donors (Lipinski definition) is 1. The molecule has 6 atom stereocenters. The van der Waals surface area contributed by atoms with Gasteiger partial charge in [-0.3, -0.25) is 14.5 Å². The number of halogens is 1. The number of fused-ring (bicyclic) bond motifs is 4. The first-order valence-electron chi connectivity index (χ1n) is 19.5. The van der Waals surface area contributed by atoms with Crippen LogP contribution in [0.15, 0.2) is 36.4 Å². The molecular formula is C40H55ClN4O6S. The Hall–Kier alpha value is -2.86. The number of anilines is 1. The second-order valence-electron chi connectivity index (χ2n) is 15.9. The molecular weight excluding hydrogens is 700 g/mol. The van der Waals surface area contributed by atoms with Gasteiger partial charge in [0.25, 0.3) is 5.91 Å². The zero-order valence-corrected chi connectivity index (χ0v) is 32.3. The standard InChI is InChI=1S/C40H55ClN4O6S/c1-27-6-5-8-30(22-39(46)45-17-16-43-18-19-50-26-35(43)24-45)36-13-10-32(36)23-44-15-4-3-7-29-20-34(41)12-9-33(29)25-51-38-14-11-31(21-37(38)44)40(47)42-52(48,49)28(27)2/h9,11-12,14,20-21,27-28,30,32,35-36H,3-8,10,13,15-19,22-26H2,1-2H3,(H,42,47)/t27-,28+,30-,32-,35+,36-/m0/s1. The predicted molar refractivity (Wildman–Crippen MR) is 203 cm³/mol. The van der Waals surface area contributed by atoms with Crippen LogP contribution in [0, 0.1) is 23.7 Å². The molecule has 2 bridgehead atoms. The maximum Gasteiger partial charge on any atom is 0.264 e. The predicted octanol–water partition coefficient (Wildman–Crippen LogP) is 5.91. The Morgan fingerprint density at radius 3 is 2.63 bits per heavy atom. The molecule has 5 aliphatic rings. The van der Waals surface area contributed by atoms with Crippen molar-refractivity contribution in [3.63, 3.8) is 0 Å². The number of morpholine rings is 1. The Morgan fingerprint density at radius 1 is 0.942 bits per heavy atom. The number of benzene rings is 2. The van der Waals surface area contributed by atoms with Crippen molar-refractivity contribution in [2.75, 3.05) is 57.4 Å². The molecule has 2 aromatic carbocycles. The average Bonchev–Trinajstić information content (AvgIpc) is 3.15. The SMILES string of the molecule is C[C@@H]1[C@@H](C)CCC[C@@H](CC(=O)N2CCN3CCOC[C@H]3C2)[C@@H]2CC[C@H]2CN2CCCCc3cc(Cl)ccc3COc3ccc(cc32)C(=O)NS1(=O)=O. The van der Waals surface area contributed by atoms with E-state index in [1.54, 1.807) is 13.0 Å². The van der Waals surface area contributed by atoms with E-state index in [1.165, 1.54) is 5.56 Å². The fraction of sp³-hybridized carbons (Fsp3) is 0.650. The van der Waals surface area contributed by atoms with E-state index in [-0.39, 0.29) is 23.8 Å². The van der Waals surface area contributed by atoms with E-state index >= 15 is 0 Å². The van der Waals surface area contributed by atoms with Crippen LogP contribution in [0.5, 0.6) is 5.75 Å². The third-order valence-corrected chi connectivity index (χ3v) is 14.9. The molecule has 7 rings (SSSR count). The second kappa shape index (κ2) is 16.2. The average molecular weight is 755 g/mol. The van der Waals surface area contributed by atoms with E-state index in [0.29, 0.717) is 54.2 Å². The first-order chi connectivity index (χ1) is 25.1. The number of carbonyl (C=O) groups is 2. The maximum atomic E-state index is 14.0. The number of nitrogens with zero attached hydrogens (tertiary/aromatic N) is 3. The summed E-state index contributed by atoms with van der Waals surface area (Å²) in [5, 5.41) is -0.0353. The molecule has 3 fully saturated rings. The number of ether oxygens (including phenoxy) is 2. The molecule has 2 aromatic rings. The zero-order valence-electron chi connectivity index (χ0n) is 30.7. The zero-order chi connectivity index (χ0) is 36.4. The van der Waals surface area contributed by atoms with Crippen molar-refractivity contribution >= 4 is 39.1 Å². The Morgan fingerprint density at radius 2 is 1.81 bits per heavy atom. The second-order valence-corrected chi connectivity index (χ2v) is 18.4. The summed E-state index contributed by atoms with van der Waals surface area (Å²) in [4.78, 5) is 34.5. The highest BCUT2D eigenvalue weighted by Crippen LogP contribution is 2.45. The number of piperazine rings is 1. The van der Waals surface area contributed by atoms with Gasteiger partial charge in [0, 0.05) is 56.3 Å². The fourth-order valence-corrected chi connectivity index (χ4v) is 10.6. The van der Waals surface area contributed by atoms with Gasteiger partial charge in [-0.25, -0.2) is 13.1 Å². The van der Waals surface area contributed by atoms with E-state index in [0.717, 1.165) is 102 Å². The summed E-state index contributed by atoms with van der Waals surface area (Å²) < 4.78 is 41.7. The molecule has 1 aliphatic carbocycles. The maximum absolute atomic E-state index is 14.0. The molecule has 0 radical (unpaired) electrons. The van der Waals surface area contributed by atoms with Crippen LogP contribution in [-0.2, 0) is 32.6 Å². The molecule has 12 heteroatoms. The Kier molecular flexibility index (Phi) is 11.7. The molecule has 1 N–H and O–H groups in total. The van der Waals surface area contributed by atoms with Crippen LogP contribution in [-0.4, -0.2) is 93.8 Å². The molecule has 0 unspecified atom stereocenters. The van der Waals surface area contributed by atoms with Gasteiger partial charge in [-0.15, -0.1) is 0 Å². The quantitative estimate of drug-likeness (QED) is 0.404. The monoisotopic (exact) mass is 754 g/mol. The van der Waals surface area contributed by atoms with Gasteiger partial charge in [-0.05, 0) is 117 Å². The highest BCUT2D eigenvalue weighted by Gasteiger charge is 2.41. The number of aryl methyl sites for hydroxylation is 1. The Balaban J connectivity index is 1.18. The molecule has 0 spiro atoms. The van der Waals surface area contributed by atoms with E-state index < -0.39 is 21.2 Å². The van der Waals surface area contributed by atoms with Crippen LogP contribution in [0.4, 0.5) is 5.69 Å². The van der Waals surface area contributed by atoms with E-state index in [1.807, 2.05) is 37.3 Å². The van der Waals surface area contributed by atoms with Crippen LogP contribution in [0.1, 0.15) is 86.7 Å². The Labute approximate surface area is 314 Å². The molecule has 2 amide bonds. The normalized spacial score (nSPS) is 30.2. The first kappa shape index (κ1) is 37.5. The lowest BCUT2D eigenvalue weighted by molar-refractivity contribution is -0.139. The number of rotatable bonds is 2. The lowest BCUT2D eigenvalue weighted by atomic mass is 9.64. The Bertz CT molecular complexity index is 1720. The highest BCUT2D eigenvalue weighted by molar-refractivity contribution is 7.90. The summed E-state index contributed by atoms with van der Waals surface area (Å²) in [5.41, 5.74) is 3.36. The summed E-state index contributed by atoms with van der Waals surface area (Å²) in [6.45, 7) is 10.3. The minimum absolute atomic E-state index is 0.153. The number of amides is 2. The van der Waals surface area contributed by atoms with Crippen molar-refractivity contribution in [1.29, 1.82) is 0 Å². The first-order valence-corrected chi connectivity index (χ1v) is 21.4. The number of carbonyl (C=O) groups excluding carboxylic acids is 2. The van der Waals surface area contributed by atoms with E-state index in [2.05, 4.69) is 19.4 Å². The van der Waals surface area contributed by atoms with Crippen LogP contribution in [0.2, 0.25) is 5.02 Å². The molecule has 0 aromatic heterocycles. The van der Waals surface area contributed by atoms with Gasteiger partial charge in [0.2, 0.25) is 15.9 Å². The van der Waals surface area contributed by atoms with Gasteiger partial charge in [-0.2, -0.15) is 0 Å². The summed E-state index contributed by atoms with van der Waals surface area (Å²) in [6.07, 6.45) is 7.94. The van der Waals surface area contributed by atoms with Gasteiger partial charge in [0.15, 0.2) is 0 Å². The number of nitrogens with one attached hydrogen (secondary N) is 1. The molecule has 4 aliphatic heterocycles. The lowest BCUT2D eigenvalue weighted by Gasteiger charge is -2.46. The van der Waals surface area contributed by atoms with Gasteiger partial charge in [0.05, 0.1) is 30.2 Å². The van der Waals surface area contributed by atoms with Crippen LogP contribution in [0.3, 0.4) is 0 Å². The minimum Gasteiger partial charge on any atom is -0.487 e. The van der Waals surface area contributed by atoms with Gasteiger partial charge < -0.3 is 19.3 Å². The van der Waals surface area contributed by atoms with Crippen molar-refractivity contribution in [2.45, 2.75) is 89.5 Å². The molecule has 284 valence electrons. The number of hydrogen-bond acceptors (Lipinski definition) is 8. The highest BCUT2D eigenvalue weighted by atomic mass is 35.5. The molecule has 4 heterocycles. The molecule has 2 saturated heterocycles. The number of sulfonamides is 1. The van der Waals surface area contributed by atoms with Gasteiger partial charge >= 0.3 is 0 Å². The van der Waals surface area contributed by atoms with Gasteiger partial charge in [-0.1, -0.05) is 31.0 Å². The fourth-order valence-electron chi connectivity index (χ4n) is 9.12. The summed E-state index contributed by atoms with van der Waals surface area (Å²) in [6, 6.07) is 11.5. The topological polar surface area (TPSA) is 108 Å². The van der Waals surface area contributed by atoms with Crippen molar-refractivity contribution < 1.29 is 27.5 Å². The van der Waals surface area contributed by atoms with E-state index in [9.17, 15) is 18.0 Å². The lowest BCUT2D eigenvalue weighted by Crippen LogP contribution is -2.59. The van der Waals surface area contributed by atoms with Crippen LogP contribution >= 0.6 is 11.6 Å². The summed E-state index contributed by atoms with van der Waals surface area (Å²) in [7, 11) is -3.93. The van der Waals surface area contributed by atoms with E-state index in [4.69, 9.17) is 21.1 Å². The largest absolute Gasteiger partial charge is 0.487 e. The molecule has 52 heavy (non-hydrogen) atoms. The van der Waals surface area contributed by atoms with Crippen molar-refractivity contribution in [2.24, 2.45) is 23.7 Å². The summed E-state index contributed by atoms with van der Waals surface area (Å²) in [5.74, 6) is 1.15. The molecule has 10 nitrogen and oxygen atoms in total. The van der Waals surface area contributed by atoms with Crippen molar-refractivity contribution in [3.05, 3.63) is 58.1 Å². The van der Waals surface area contributed by atoms with Gasteiger partial charge in [0.1, 0.15) is 12.4 Å². The summed E-state index contributed by atoms with van der Waals surface area (Å²) >= 11 is 6.39.